The summed E-state index contributed by atoms with van der Waals surface area (Å²) in [5, 5.41) is 9.31. The van der Waals surface area contributed by atoms with E-state index in [0.29, 0.717) is 12.0 Å². The summed E-state index contributed by atoms with van der Waals surface area (Å²) in [5.41, 5.74) is 0.303. The predicted octanol–water partition coefficient (Wildman–Crippen LogP) is 2.39. The van der Waals surface area contributed by atoms with Gasteiger partial charge < -0.3 is 19.5 Å². The van der Waals surface area contributed by atoms with Crippen LogP contribution in [0.4, 0.5) is 13.2 Å². The fraction of sp³-hybridized carbons (Fsp3) is 0.529. The van der Waals surface area contributed by atoms with Crippen LogP contribution in [0.3, 0.4) is 0 Å². The van der Waals surface area contributed by atoms with Crippen molar-refractivity contribution in [1.82, 2.24) is 4.90 Å². The van der Waals surface area contributed by atoms with Gasteiger partial charge in [-0.1, -0.05) is 18.2 Å². The van der Waals surface area contributed by atoms with Crippen LogP contribution in [0, 0.1) is 5.92 Å². The van der Waals surface area contributed by atoms with Crippen molar-refractivity contribution in [3.8, 4) is 5.75 Å². The Kier molecular flexibility index (Phi) is 4.83. The van der Waals surface area contributed by atoms with E-state index in [-0.39, 0.29) is 30.7 Å². The molecule has 1 amide bonds. The van der Waals surface area contributed by atoms with E-state index in [9.17, 15) is 27.9 Å². The number of ether oxygens (including phenoxy) is 2. The Morgan fingerprint density at radius 3 is 2.54 bits per heavy atom. The highest BCUT2D eigenvalue weighted by atomic mass is 19.4. The SMILES string of the molecule is COC1CC(C(=O)O)N(C(=O)C2CC2c2ccccc2OC(F)(F)F)C1. The molecule has 142 valence electrons. The van der Waals surface area contributed by atoms with E-state index < -0.39 is 30.2 Å². The lowest BCUT2D eigenvalue weighted by Crippen LogP contribution is -2.41. The van der Waals surface area contributed by atoms with Gasteiger partial charge in [-0.3, -0.25) is 4.79 Å². The summed E-state index contributed by atoms with van der Waals surface area (Å²) in [6, 6.07) is 4.73. The first-order chi connectivity index (χ1) is 12.2. The Labute approximate surface area is 147 Å². The van der Waals surface area contributed by atoms with Gasteiger partial charge in [0.2, 0.25) is 5.91 Å². The number of nitrogens with zero attached hydrogens (tertiary/aromatic N) is 1. The quantitative estimate of drug-likeness (QED) is 0.858. The molecule has 4 atom stereocenters. The number of alkyl halides is 3. The number of para-hydroxylation sites is 1. The van der Waals surface area contributed by atoms with Crippen LogP contribution in [0.25, 0.3) is 0 Å². The molecule has 1 aliphatic carbocycles. The molecular formula is C17H18F3NO5. The van der Waals surface area contributed by atoms with Crippen molar-refractivity contribution in [2.24, 2.45) is 5.92 Å². The zero-order valence-electron chi connectivity index (χ0n) is 13.9. The van der Waals surface area contributed by atoms with E-state index >= 15 is 0 Å². The topological polar surface area (TPSA) is 76.1 Å². The molecule has 1 saturated carbocycles. The number of carbonyl (C=O) groups excluding carboxylic acids is 1. The van der Waals surface area contributed by atoms with Gasteiger partial charge in [0.25, 0.3) is 0 Å². The van der Waals surface area contributed by atoms with Crippen molar-refractivity contribution in [3.63, 3.8) is 0 Å². The van der Waals surface area contributed by atoms with Crippen molar-refractivity contribution in [2.45, 2.75) is 37.3 Å². The van der Waals surface area contributed by atoms with Crippen molar-refractivity contribution < 1.29 is 37.3 Å². The number of hydrogen-bond acceptors (Lipinski definition) is 4. The van der Waals surface area contributed by atoms with E-state index in [1.54, 1.807) is 6.07 Å². The number of carbonyl (C=O) groups is 2. The van der Waals surface area contributed by atoms with E-state index in [1.165, 1.54) is 30.2 Å². The second kappa shape index (κ2) is 6.79. The number of likely N-dealkylation sites (tertiary alicyclic amines) is 1. The molecule has 1 aliphatic heterocycles. The molecule has 1 heterocycles. The monoisotopic (exact) mass is 373 g/mol. The Balaban J connectivity index is 1.74. The van der Waals surface area contributed by atoms with Gasteiger partial charge >= 0.3 is 12.3 Å². The third-order valence-electron chi connectivity index (χ3n) is 4.82. The average molecular weight is 373 g/mol. The number of halogens is 3. The fourth-order valence-corrected chi connectivity index (χ4v) is 3.47. The summed E-state index contributed by atoms with van der Waals surface area (Å²) in [7, 11) is 1.45. The van der Waals surface area contributed by atoms with Gasteiger partial charge in [-0.15, -0.1) is 13.2 Å². The molecule has 0 bridgehead atoms. The van der Waals surface area contributed by atoms with E-state index in [2.05, 4.69) is 4.74 Å². The normalized spacial score (nSPS) is 28.1. The first kappa shape index (κ1) is 18.5. The van der Waals surface area contributed by atoms with Crippen LogP contribution < -0.4 is 4.74 Å². The van der Waals surface area contributed by atoms with Crippen LogP contribution in [-0.4, -0.2) is 54.0 Å². The lowest BCUT2D eigenvalue weighted by atomic mass is 10.1. The zero-order valence-corrected chi connectivity index (χ0v) is 13.9. The molecule has 0 aromatic heterocycles. The van der Waals surface area contributed by atoms with Crippen LogP contribution in [0.5, 0.6) is 5.75 Å². The van der Waals surface area contributed by atoms with Crippen LogP contribution >= 0.6 is 0 Å². The van der Waals surface area contributed by atoms with Gasteiger partial charge in [-0.05, 0) is 24.0 Å². The van der Waals surface area contributed by atoms with Crippen LogP contribution in [0.2, 0.25) is 0 Å². The summed E-state index contributed by atoms with van der Waals surface area (Å²) in [6.07, 6.45) is -4.63. The molecule has 1 aromatic carbocycles. The molecular weight excluding hydrogens is 355 g/mol. The highest BCUT2D eigenvalue weighted by Gasteiger charge is 2.51. The van der Waals surface area contributed by atoms with Gasteiger partial charge in [-0.25, -0.2) is 4.79 Å². The van der Waals surface area contributed by atoms with Crippen molar-refractivity contribution >= 4 is 11.9 Å². The van der Waals surface area contributed by atoms with Crippen molar-refractivity contribution in [1.29, 1.82) is 0 Å². The lowest BCUT2D eigenvalue weighted by molar-refractivity contribution is -0.274. The lowest BCUT2D eigenvalue weighted by Gasteiger charge is -2.21. The number of aliphatic carboxylic acids is 1. The van der Waals surface area contributed by atoms with Gasteiger partial charge in [0, 0.05) is 26.0 Å². The maximum Gasteiger partial charge on any atom is 0.573 e. The summed E-state index contributed by atoms with van der Waals surface area (Å²) < 4.78 is 46.9. The number of hydrogen-bond donors (Lipinski definition) is 1. The zero-order chi connectivity index (χ0) is 19.1. The van der Waals surface area contributed by atoms with Gasteiger partial charge in [0.05, 0.1) is 6.10 Å². The van der Waals surface area contributed by atoms with Crippen molar-refractivity contribution in [2.75, 3.05) is 13.7 Å². The van der Waals surface area contributed by atoms with E-state index in [0.717, 1.165) is 0 Å². The Bertz CT molecular complexity index is 708. The molecule has 2 fully saturated rings. The second-order valence-corrected chi connectivity index (χ2v) is 6.47. The van der Waals surface area contributed by atoms with E-state index in [1.807, 2.05) is 0 Å². The number of carboxylic acid groups (broad SMARTS) is 1. The maximum atomic E-state index is 12.7. The number of methoxy groups -OCH3 is 1. The highest BCUT2D eigenvalue weighted by molar-refractivity contribution is 5.88. The highest BCUT2D eigenvalue weighted by Crippen LogP contribution is 2.52. The van der Waals surface area contributed by atoms with Gasteiger partial charge in [0.1, 0.15) is 11.8 Å². The predicted molar refractivity (Wildman–Crippen MR) is 82.5 cm³/mol. The van der Waals surface area contributed by atoms with Crippen LogP contribution in [0.1, 0.15) is 24.3 Å². The first-order valence-electron chi connectivity index (χ1n) is 8.12. The van der Waals surface area contributed by atoms with Gasteiger partial charge in [-0.2, -0.15) is 0 Å². The minimum atomic E-state index is -4.82. The largest absolute Gasteiger partial charge is 0.573 e. The molecule has 3 rings (SSSR count). The first-order valence-corrected chi connectivity index (χ1v) is 8.12. The van der Waals surface area contributed by atoms with Crippen LogP contribution in [-0.2, 0) is 14.3 Å². The van der Waals surface area contributed by atoms with Crippen LogP contribution in [0.15, 0.2) is 24.3 Å². The summed E-state index contributed by atoms with van der Waals surface area (Å²) in [6.45, 7) is 0.163. The molecule has 26 heavy (non-hydrogen) atoms. The molecule has 9 heteroatoms. The smallest absolute Gasteiger partial charge is 0.480 e. The molecule has 0 spiro atoms. The fourth-order valence-electron chi connectivity index (χ4n) is 3.47. The van der Waals surface area contributed by atoms with Gasteiger partial charge in [0.15, 0.2) is 0 Å². The second-order valence-electron chi connectivity index (χ2n) is 6.47. The maximum absolute atomic E-state index is 12.7. The standard InChI is InChI=1S/C17H18F3NO5/c1-25-9-6-13(16(23)24)21(8-9)15(22)12-7-11(12)10-4-2-3-5-14(10)26-17(18,19)20/h2-5,9,11-13H,6-8H2,1H3,(H,23,24). The molecule has 1 N–H and O–H groups in total. The molecule has 2 aliphatic rings. The molecule has 1 saturated heterocycles. The molecule has 1 aromatic rings. The summed E-state index contributed by atoms with van der Waals surface area (Å²) in [5.74, 6) is -2.78. The minimum Gasteiger partial charge on any atom is -0.480 e. The third-order valence-corrected chi connectivity index (χ3v) is 4.82. The number of benzene rings is 1. The molecule has 0 radical (unpaired) electrons. The Morgan fingerprint density at radius 2 is 1.92 bits per heavy atom. The molecule has 4 unspecified atom stereocenters. The number of carboxylic acids is 1. The van der Waals surface area contributed by atoms with Crippen molar-refractivity contribution in [3.05, 3.63) is 29.8 Å². The summed E-state index contributed by atoms with van der Waals surface area (Å²) in [4.78, 5) is 25.4. The third kappa shape index (κ3) is 3.77. The number of rotatable bonds is 5. The molecule has 6 nitrogen and oxygen atoms in total. The Morgan fingerprint density at radius 1 is 1.23 bits per heavy atom. The minimum absolute atomic E-state index is 0.163. The summed E-state index contributed by atoms with van der Waals surface area (Å²) >= 11 is 0. The average Bonchev–Trinajstić information content (AvgIpc) is 3.23. The number of amides is 1. The Hall–Kier alpha value is -2.29. The van der Waals surface area contributed by atoms with E-state index in [4.69, 9.17) is 4.74 Å².